The van der Waals surface area contributed by atoms with Crippen LogP contribution in [0.2, 0.25) is 0 Å². The first-order valence-electron chi connectivity index (χ1n) is 8.50. The Balaban J connectivity index is 3.42. The topological polar surface area (TPSA) is 63.2 Å². The molecule has 1 atom stereocenters. The van der Waals surface area contributed by atoms with E-state index in [1.165, 1.54) is 28.4 Å². The molecule has 0 aliphatic carbocycles. The molecule has 7 heteroatoms. The molecule has 0 aliphatic rings. The summed E-state index contributed by atoms with van der Waals surface area (Å²) in [5.41, 5.74) is 1.08. The van der Waals surface area contributed by atoms with E-state index < -0.39 is 7.82 Å². The van der Waals surface area contributed by atoms with Gasteiger partial charge in [0, 0.05) is 14.2 Å². The van der Waals surface area contributed by atoms with E-state index >= 15 is 0 Å². The molecule has 0 N–H and O–H groups in total. The predicted molar refractivity (Wildman–Crippen MR) is 99.0 cm³/mol. The first-order valence-corrected chi connectivity index (χ1v) is 9.96. The van der Waals surface area contributed by atoms with Crippen molar-refractivity contribution in [2.24, 2.45) is 0 Å². The maximum absolute atomic E-state index is 12.4. The van der Waals surface area contributed by atoms with Gasteiger partial charge in [0.25, 0.3) is 0 Å². The molecule has 0 saturated carbocycles. The molecule has 1 unspecified atom stereocenters. The van der Waals surface area contributed by atoms with E-state index in [9.17, 15) is 4.57 Å². The number of ether oxygens (including phenoxy) is 2. The number of rotatable bonds is 11. The van der Waals surface area contributed by atoms with Crippen LogP contribution < -0.4 is 14.0 Å². The number of phosphoric ester groups is 1. The molecular formula is C18H31O6P. The van der Waals surface area contributed by atoms with Gasteiger partial charge in [-0.15, -0.1) is 0 Å². The summed E-state index contributed by atoms with van der Waals surface area (Å²) in [7, 11) is 1.86. The van der Waals surface area contributed by atoms with Crippen molar-refractivity contribution in [1.29, 1.82) is 0 Å². The van der Waals surface area contributed by atoms with Gasteiger partial charge in [0.1, 0.15) is 0 Å². The van der Waals surface area contributed by atoms with Gasteiger partial charge in [-0.3, -0.25) is 9.05 Å². The second-order valence-corrected chi connectivity index (χ2v) is 7.94. The van der Waals surface area contributed by atoms with Crippen molar-refractivity contribution in [3.8, 4) is 17.2 Å². The Labute approximate surface area is 151 Å². The standard InChI is InChI=1S/C18H31O6P/c1-8-10-11-18(3,9-2)14-12-15(20-4)17(16(13-14)21-5)24-25(19,22-6)23-7/h12-13H,8-11H2,1-7H3. The van der Waals surface area contributed by atoms with Crippen molar-refractivity contribution in [3.63, 3.8) is 0 Å². The summed E-state index contributed by atoms with van der Waals surface area (Å²) in [6.07, 6.45) is 4.31. The average molecular weight is 374 g/mol. The number of unbranched alkanes of at least 4 members (excludes halogenated alkanes) is 1. The Morgan fingerprint density at radius 1 is 1.00 bits per heavy atom. The molecule has 0 heterocycles. The molecule has 25 heavy (non-hydrogen) atoms. The summed E-state index contributed by atoms with van der Waals surface area (Å²) >= 11 is 0. The largest absolute Gasteiger partial charge is 0.529 e. The molecule has 0 spiro atoms. The minimum Gasteiger partial charge on any atom is -0.493 e. The Morgan fingerprint density at radius 3 is 1.88 bits per heavy atom. The fourth-order valence-corrected chi connectivity index (χ4v) is 3.37. The highest BCUT2D eigenvalue weighted by Gasteiger charge is 2.32. The lowest BCUT2D eigenvalue weighted by Crippen LogP contribution is -2.21. The Morgan fingerprint density at radius 2 is 1.52 bits per heavy atom. The van der Waals surface area contributed by atoms with Gasteiger partial charge in [-0.1, -0.05) is 33.6 Å². The van der Waals surface area contributed by atoms with E-state index in [1.54, 1.807) is 0 Å². The quantitative estimate of drug-likeness (QED) is 0.487. The molecule has 0 aromatic heterocycles. The van der Waals surface area contributed by atoms with Gasteiger partial charge in [0.05, 0.1) is 14.2 Å². The highest BCUT2D eigenvalue weighted by molar-refractivity contribution is 7.48. The Hall–Kier alpha value is -1.23. The van der Waals surface area contributed by atoms with E-state index in [1.807, 2.05) is 12.1 Å². The smallest absolute Gasteiger partial charge is 0.493 e. The summed E-state index contributed by atoms with van der Waals surface area (Å²) in [5.74, 6) is 1.06. The molecule has 0 saturated heterocycles. The van der Waals surface area contributed by atoms with Crippen molar-refractivity contribution >= 4 is 7.82 Å². The van der Waals surface area contributed by atoms with E-state index in [2.05, 4.69) is 20.8 Å². The lowest BCUT2D eigenvalue weighted by atomic mass is 9.76. The van der Waals surface area contributed by atoms with Gasteiger partial charge in [0.2, 0.25) is 5.75 Å². The molecular weight excluding hydrogens is 343 g/mol. The Kier molecular flexibility index (Phi) is 8.26. The second kappa shape index (κ2) is 9.46. The summed E-state index contributed by atoms with van der Waals surface area (Å²) in [5, 5.41) is 0. The van der Waals surface area contributed by atoms with Crippen molar-refractivity contribution in [3.05, 3.63) is 17.7 Å². The molecule has 1 rings (SSSR count). The van der Waals surface area contributed by atoms with Crippen LogP contribution in [0.4, 0.5) is 0 Å². The Bertz CT molecular complexity index is 570. The van der Waals surface area contributed by atoms with Crippen LogP contribution in [0, 0.1) is 0 Å². The summed E-state index contributed by atoms with van der Waals surface area (Å²) < 4.78 is 38.5. The maximum Gasteiger partial charge on any atom is 0.529 e. The third-order valence-corrected chi connectivity index (χ3v) is 5.97. The predicted octanol–water partition coefficient (Wildman–Crippen LogP) is 5.34. The number of methoxy groups -OCH3 is 2. The highest BCUT2D eigenvalue weighted by atomic mass is 31.2. The third-order valence-electron chi connectivity index (χ3n) is 4.67. The third kappa shape index (κ3) is 5.13. The van der Waals surface area contributed by atoms with Crippen LogP contribution >= 0.6 is 7.82 Å². The van der Waals surface area contributed by atoms with E-state index in [4.69, 9.17) is 23.0 Å². The van der Waals surface area contributed by atoms with E-state index in [-0.39, 0.29) is 11.2 Å². The first-order chi connectivity index (χ1) is 11.8. The average Bonchev–Trinajstić information content (AvgIpc) is 2.65. The molecule has 1 aromatic rings. The van der Waals surface area contributed by atoms with Gasteiger partial charge in [-0.05, 0) is 36.0 Å². The van der Waals surface area contributed by atoms with Crippen LogP contribution in [0.1, 0.15) is 52.0 Å². The molecule has 0 fully saturated rings. The zero-order valence-corrected chi connectivity index (χ0v) is 17.3. The van der Waals surface area contributed by atoms with Crippen LogP contribution in [-0.4, -0.2) is 28.4 Å². The van der Waals surface area contributed by atoms with Gasteiger partial charge >= 0.3 is 7.82 Å². The zero-order chi connectivity index (χ0) is 19.1. The number of benzene rings is 1. The molecule has 144 valence electrons. The number of hydrogen-bond acceptors (Lipinski definition) is 6. The summed E-state index contributed by atoms with van der Waals surface area (Å²) in [6.45, 7) is 6.58. The minimum absolute atomic E-state index is 0.0126. The maximum atomic E-state index is 12.4. The monoisotopic (exact) mass is 374 g/mol. The van der Waals surface area contributed by atoms with Gasteiger partial charge < -0.3 is 14.0 Å². The fraction of sp³-hybridized carbons (Fsp3) is 0.667. The van der Waals surface area contributed by atoms with Crippen LogP contribution in [-0.2, 0) is 19.0 Å². The summed E-state index contributed by atoms with van der Waals surface area (Å²) in [6, 6.07) is 3.82. The molecule has 6 nitrogen and oxygen atoms in total. The van der Waals surface area contributed by atoms with E-state index in [0.717, 1.165) is 31.2 Å². The van der Waals surface area contributed by atoms with Crippen LogP contribution in [0.5, 0.6) is 17.2 Å². The molecule has 0 amide bonds. The lowest BCUT2D eigenvalue weighted by Gasteiger charge is -2.30. The zero-order valence-electron chi connectivity index (χ0n) is 16.4. The molecule has 0 aliphatic heterocycles. The van der Waals surface area contributed by atoms with Gasteiger partial charge in [0.15, 0.2) is 11.5 Å². The number of hydrogen-bond donors (Lipinski definition) is 0. The fourth-order valence-electron chi connectivity index (χ4n) is 2.67. The SMILES string of the molecule is CCCCC(C)(CC)c1cc(OC)c(OP(=O)(OC)OC)c(OC)c1. The lowest BCUT2D eigenvalue weighted by molar-refractivity contribution is 0.205. The van der Waals surface area contributed by atoms with Gasteiger partial charge in [-0.2, -0.15) is 0 Å². The van der Waals surface area contributed by atoms with Crippen LogP contribution in [0.15, 0.2) is 12.1 Å². The minimum atomic E-state index is -3.72. The summed E-state index contributed by atoms with van der Waals surface area (Å²) in [4.78, 5) is 0. The normalized spacial score (nSPS) is 14.0. The van der Waals surface area contributed by atoms with Crippen LogP contribution in [0.3, 0.4) is 0 Å². The van der Waals surface area contributed by atoms with Crippen molar-refractivity contribution < 1.29 is 27.6 Å². The first kappa shape index (κ1) is 21.8. The second-order valence-electron chi connectivity index (χ2n) is 6.13. The molecule has 0 bridgehead atoms. The van der Waals surface area contributed by atoms with Gasteiger partial charge in [-0.25, -0.2) is 4.57 Å². The van der Waals surface area contributed by atoms with Crippen molar-refractivity contribution in [2.45, 2.75) is 51.9 Å². The van der Waals surface area contributed by atoms with Crippen LogP contribution in [0.25, 0.3) is 0 Å². The van der Waals surface area contributed by atoms with E-state index in [0.29, 0.717) is 11.5 Å². The highest BCUT2D eigenvalue weighted by Crippen LogP contribution is 2.54. The molecule has 1 aromatic carbocycles. The van der Waals surface area contributed by atoms with Crippen molar-refractivity contribution in [1.82, 2.24) is 0 Å². The molecule has 0 radical (unpaired) electrons. The van der Waals surface area contributed by atoms with Crippen molar-refractivity contribution in [2.75, 3.05) is 28.4 Å². The number of phosphoric acid groups is 1.